The van der Waals surface area contributed by atoms with Gasteiger partial charge in [-0.25, -0.2) is 0 Å². The van der Waals surface area contributed by atoms with Crippen molar-refractivity contribution in [1.29, 1.82) is 0 Å². The van der Waals surface area contributed by atoms with E-state index in [2.05, 4.69) is 224 Å². The van der Waals surface area contributed by atoms with Gasteiger partial charge in [-0.1, -0.05) is 224 Å². The first kappa shape index (κ1) is 43.5. The summed E-state index contributed by atoms with van der Waals surface area (Å²) in [6.45, 7) is 12.8. The SMILES string of the molecule is CC(C)[N-]P(c1ccccc1)c1ccccc1.CC(C)[N-]P(c1ccccc1)c1ccccc1.CC(C)[N-]P(c1ccccc1)c1ccccc1.[V]. The largest absolute Gasteiger partial charge is 0.626 e. The van der Waals surface area contributed by atoms with Crippen LogP contribution in [0.1, 0.15) is 41.5 Å². The molecule has 0 aliphatic rings. The molecule has 6 rings (SSSR count). The normalized spacial score (nSPS) is 10.8. The Hall–Kier alpha value is -2.93. The molecule has 6 aromatic carbocycles. The van der Waals surface area contributed by atoms with Gasteiger partial charge in [-0.2, -0.15) is 24.2 Å². The molecule has 269 valence electrons. The number of rotatable bonds is 12. The van der Waals surface area contributed by atoms with Gasteiger partial charge in [-0.05, 0) is 31.8 Å². The van der Waals surface area contributed by atoms with Crippen molar-refractivity contribution in [2.24, 2.45) is 0 Å². The summed E-state index contributed by atoms with van der Waals surface area (Å²) in [4.78, 5) is 0. The van der Waals surface area contributed by atoms with E-state index >= 15 is 0 Å². The predicted molar refractivity (Wildman–Crippen MR) is 233 cm³/mol. The third kappa shape index (κ3) is 15.2. The monoisotopic (exact) mass is 777 g/mol. The summed E-state index contributed by atoms with van der Waals surface area (Å²) in [6, 6.07) is 64.5. The van der Waals surface area contributed by atoms with Gasteiger partial charge in [0, 0.05) is 18.6 Å². The van der Waals surface area contributed by atoms with Gasteiger partial charge in [0.25, 0.3) is 0 Å². The summed E-state index contributed by atoms with van der Waals surface area (Å²) in [5.74, 6) is 0. The minimum absolute atomic E-state index is 0. The van der Waals surface area contributed by atoms with Crippen LogP contribution < -0.4 is 31.8 Å². The molecule has 0 aliphatic carbocycles. The van der Waals surface area contributed by atoms with Gasteiger partial charge in [0.05, 0.1) is 0 Å². The van der Waals surface area contributed by atoms with Crippen molar-refractivity contribution in [3.63, 3.8) is 0 Å². The number of benzene rings is 6. The topological polar surface area (TPSA) is 42.3 Å². The summed E-state index contributed by atoms with van der Waals surface area (Å²) < 4.78 is 0. The quantitative estimate of drug-likeness (QED) is 0.111. The second-order valence-electron chi connectivity index (χ2n) is 12.6. The predicted octanol–water partition coefficient (Wildman–Crippen LogP) is 11.4. The molecule has 6 aromatic rings. The molecular weight excluding hydrogens is 726 g/mol. The number of hydrogen-bond donors (Lipinski definition) is 0. The molecule has 0 N–H and O–H groups in total. The third-order valence-electron chi connectivity index (χ3n) is 7.04. The fraction of sp³-hybridized carbons (Fsp3) is 0.200. The van der Waals surface area contributed by atoms with Gasteiger partial charge in [0.15, 0.2) is 0 Å². The van der Waals surface area contributed by atoms with Gasteiger partial charge in [0.2, 0.25) is 0 Å². The van der Waals surface area contributed by atoms with E-state index in [9.17, 15) is 0 Å². The van der Waals surface area contributed by atoms with Gasteiger partial charge < -0.3 is 15.3 Å². The van der Waals surface area contributed by atoms with Gasteiger partial charge in [-0.3, -0.25) is 0 Å². The summed E-state index contributed by atoms with van der Waals surface area (Å²) in [5.41, 5.74) is 0. The molecular formula is C45H51N3P3V-3. The number of nitrogens with zero attached hydrogens (tertiary/aromatic N) is 3. The van der Waals surface area contributed by atoms with E-state index in [1.165, 1.54) is 31.8 Å². The van der Waals surface area contributed by atoms with Crippen LogP contribution in [0, 0.1) is 0 Å². The Balaban J connectivity index is 0.000000208. The smallest absolute Gasteiger partial charge is 0 e. The maximum absolute atomic E-state index is 4.88. The fourth-order valence-corrected chi connectivity index (χ4v) is 10.8. The molecule has 0 amide bonds. The van der Waals surface area contributed by atoms with Crippen LogP contribution >= 0.6 is 24.2 Å². The van der Waals surface area contributed by atoms with Crippen molar-refractivity contribution in [1.82, 2.24) is 0 Å². The zero-order valence-electron chi connectivity index (χ0n) is 31.2. The molecule has 3 nitrogen and oxygen atoms in total. The average Bonchev–Trinajstić information content (AvgIpc) is 3.17. The van der Waals surface area contributed by atoms with E-state index in [4.69, 9.17) is 15.3 Å². The first-order chi connectivity index (χ1) is 24.8. The van der Waals surface area contributed by atoms with Crippen LogP contribution in [0.3, 0.4) is 0 Å². The molecule has 7 heteroatoms. The molecule has 0 fully saturated rings. The Labute approximate surface area is 329 Å². The molecule has 52 heavy (non-hydrogen) atoms. The Kier molecular flexibility index (Phi) is 20.4. The van der Waals surface area contributed by atoms with Crippen molar-refractivity contribution in [3.8, 4) is 0 Å². The summed E-state index contributed by atoms with van der Waals surface area (Å²) in [7, 11) is -1.70. The zero-order chi connectivity index (χ0) is 36.3. The molecule has 0 aromatic heterocycles. The van der Waals surface area contributed by atoms with Crippen LogP contribution in [-0.4, -0.2) is 18.1 Å². The van der Waals surface area contributed by atoms with Gasteiger partial charge >= 0.3 is 0 Å². The molecule has 0 bridgehead atoms. The molecule has 1 radical (unpaired) electrons. The van der Waals surface area contributed by atoms with Crippen molar-refractivity contribution < 1.29 is 18.6 Å². The molecule has 0 aliphatic heterocycles. The fourth-order valence-electron chi connectivity index (χ4n) is 4.96. The van der Waals surface area contributed by atoms with Crippen molar-refractivity contribution in [2.75, 3.05) is 0 Å². The minimum Gasteiger partial charge on any atom is -0.626 e. The van der Waals surface area contributed by atoms with E-state index in [1.807, 2.05) is 0 Å². The van der Waals surface area contributed by atoms with Crippen LogP contribution in [0.15, 0.2) is 182 Å². The molecule has 0 saturated carbocycles. The van der Waals surface area contributed by atoms with E-state index in [1.54, 1.807) is 0 Å². The van der Waals surface area contributed by atoms with Crippen LogP contribution in [0.25, 0.3) is 15.3 Å². The van der Waals surface area contributed by atoms with Crippen LogP contribution in [0.2, 0.25) is 0 Å². The standard InChI is InChI=1S/3C15H17NP.V/c3*1-13(2)16-17(14-9-5-3-6-10-14)15-11-7-4-8-12-15;/h3*3-13H,1-2H3;/q3*-1;. The van der Waals surface area contributed by atoms with E-state index < -0.39 is 24.2 Å². The van der Waals surface area contributed by atoms with Gasteiger partial charge in [-0.15, -0.1) is 18.1 Å². The zero-order valence-corrected chi connectivity index (χ0v) is 35.3. The third-order valence-corrected chi connectivity index (χ3v) is 13.8. The Morgan fingerprint density at radius 2 is 0.404 bits per heavy atom. The second kappa shape index (κ2) is 24.4. The average molecular weight is 778 g/mol. The van der Waals surface area contributed by atoms with Crippen LogP contribution in [-0.2, 0) is 18.6 Å². The summed E-state index contributed by atoms with van der Waals surface area (Å²) in [5, 5.41) is 22.6. The molecule has 0 spiro atoms. The van der Waals surface area contributed by atoms with Crippen molar-refractivity contribution in [2.45, 2.75) is 59.7 Å². The summed E-state index contributed by atoms with van der Waals surface area (Å²) in [6.07, 6.45) is 0. The molecule has 0 atom stereocenters. The van der Waals surface area contributed by atoms with Crippen LogP contribution in [0.5, 0.6) is 0 Å². The Morgan fingerprint density at radius 3 is 0.519 bits per heavy atom. The maximum Gasteiger partial charge on any atom is 0 e. The summed E-state index contributed by atoms with van der Waals surface area (Å²) >= 11 is 0. The van der Waals surface area contributed by atoms with Crippen molar-refractivity contribution in [3.05, 3.63) is 197 Å². The van der Waals surface area contributed by atoms with E-state index in [-0.39, 0.29) is 18.6 Å². The second-order valence-corrected chi connectivity index (χ2v) is 18.2. The maximum atomic E-state index is 4.88. The van der Waals surface area contributed by atoms with Crippen molar-refractivity contribution >= 4 is 56.0 Å². The van der Waals surface area contributed by atoms with Crippen LogP contribution in [0.4, 0.5) is 0 Å². The van der Waals surface area contributed by atoms with Gasteiger partial charge in [0.1, 0.15) is 0 Å². The molecule has 0 heterocycles. The first-order valence-electron chi connectivity index (χ1n) is 17.6. The minimum atomic E-state index is -0.565. The first-order valence-corrected chi connectivity index (χ1v) is 21.5. The molecule has 0 unspecified atom stereocenters. The Bertz CT molecular complexity index is 1420. The van der Waals surface area contributed by atoms with E-state index in [0.29, 0.717) is 18.1 Å². The number of hydrogen-bond acceptors (Lipinski definition) is 0. The molecule has 0 saturated heterocycles. The Morgan fingerprint density at radius 1 is 0.269 bits per heavy atom. The van der Waals surface area contributed by atoms with E-state index in [0.717, 1.165) is 0 Å².